The monoisotopic (exact) mass is 714 g/mol. The van der Waals surface area contributed by atoms with E-state index in [0.29, 0.717) is 33.7 Å². The molecule has 51 heavy (non-hydrogen) atoms. The quantitative estimate of drug-likeness (QED) is 0.129. The molecule has 1 heterocycles. The smallest absolute Gasteiger partial charge is 0.248 e. The summed E-state index contributed by atoms with van der Waals surface area (Å²) in [5, 5.41) is 2.98. The zero-order valence-electron chi connectivity index (χ0n) is 28.4. The summed E-state index contributed by atoms with van der Waals surface area (Å²) in [4.78, 5) is 42.4. The summed E-state index contributed by atoms with van der Waals surface area (Å²) in [5.74, 6) is -1.84. The van der Waals surface area contributed by atoms with Gasteiger partial charge in [0.2, 0.25) is 17.7 Å². The van der Waals surface area contributed by atoms with Crippen LogP contribution in [-0.2, 0) is 30.6 Å². The summed E-state index contributed by atoms with van der Waals surface area (Å²) in [7, 11) is 0. The molecule has 0 spiro atoms. The van der Waals surface area contributed by atoms with Gasteiger partial charge in [0.05, 0.1) is 11.8 Å². The summed E-state index contributed by atoms with van der Waals surface area (Å²) in [6.45, 7) is 6.26. The molecule has 2 bridgehead atoms. The third-order valence-corrected chi connectivity index (χ3v) is 11.9. The molecule has 0 aromatic heterocycles. The van der Waals surface area contributed by atoms with Crippen molar-refractivity contribution in [3.05, 3.63) is 160 Å². The second-order valence-corrected chi connectivity index (χ2v) is 15.2. The van der Waals surface area contributed by atoms with Crippen LogP contribution >= 0.6 is 23.2 Å². The van der Waals surface area contributed by atoms with Gasteiger partial charge in [-0.3, -0.25) is 19.3 Å². The lowest BCUT2D eigenvalue weighted by Crippen LogP contribution is -2.57. The fraction of sp³-hybridized carbons (Fsp3) is 0.233. The number of ether oxygens (including phenoxy) is 1. The van der Waals surface area contributed by atoms with Gasteiger partial charge in [0.1, 0.15) is 27.3 Å². The summed E-state index contributed by atoms with van der Waals surface area (Å²) in [5.41, 5.74) is 6.33. The van der Waals surface area contributed by atoms with Gasteiger partial charge in [0.25, 0.3) is 0 Å². The fourth-order valence-electron chi connectivity index (χ4n) is 8.30. The molecular formula is C43H36Cl2N2O4. The molecule has 6 nitrogen and oxygen atoms in total. The number of hydrogen-bond acceptors (Lipinski definition) is 4. The second kappa shape index (κ2) is 12.4. The van der Waals surface area contributed by atoms with Crippen LogP contribution in [0.4, 0.5) is 5.69 Å². The van der Waals surface area contributed by atoms with E-state index in [2.05, 4.69) is 31.3 Å². The zero-order chi connectivity index (χ0) is 35.7. The Balaban J connectivity index is 1.14. The first-order chi connectivity index (χ1) is 24.5. The second-order valence-electron chi connectivity index (χ2n) is 14.0. The van der Waals surface area contributed by atoms with Crippen molar-refractivity contribution in [2.75, 3.05) is 5.32 Å². The Morgan fingerprint density at radius 1 is 0.745 bits per heavy atom. The van der Waals surface area contributed by atoms with Crippen molar-refractivity contribution in [2.45, 2.75) is 48.9 Å². The van der Waals surface area contributed by atoms with E-state index in [1.165, 1.54) is 0 Å². The minimum atomic E-state index is -1.34. The van der Waals surface area contributed by atoms with Crippen molar-refractivity contribution >= 4 is 46.6 Å². The van der Waals surface area contributed by atoms with E-state index in [9.17, 15) is 14.4 Å². The first-order valence-electron chi connectivity index (χ1n) is 17.2. The fourth-order valence-corrected chi connectivity index (χ4v) is 9.40. The topological polar surface area (TPSA) is 75.7 Å². The third-order valence-electron chi connectivity index (χ3n) is 10.6. The van der Waals surface area contributed by atoms with Crippen molar-refractivity contribution in [2.24, 2.45) is 11.8 Å². The molecule has 3 amide bonds. The van der Waals surface area contributed by atoms with Crippen LogP contribution in [0, 0.1) is 18.8 Å². The normalized spacial score (nSPS) is 23.5. The largest absolute Gasteiger partial charge is 0.457 e. The summed E-state index contributed by atoms with van der Waals surface area (Å²) in [6.07, 6.45) is 0.112. The van der Waals surface area contributed by atoms with Gasteiger partial charge in [-0.25, -0.2) is 0 Å². The van der Waals surface area contributed by atoms with Crippen molar-refractivity contribution in [1.82, 2.24) is 4.90 Å². The van der Waals surface area contributed by atoms with Crippen LogP contribution < -0.4 is 10.1 Å². The summed E-state index contributed by atoms with van der Waals surface area (Å²) < 4.78 is 6.26. The van der Waals surface area contributed by atoms with Gasteiger partial charge in [0, 0.05) is 12.1 Å². The maximum absolute atomic E-state index is 14.8. The number of anilines is 1. The number of carbonyl (C=O) groups excluding carboxylic acids is 3. The van der Waals surface area contributed by atoms with Crippen molar-refractivity contribution in [1.29, 1.82) is 0 Å². The van der Waals surface area contributed by atoms with Gasteiger partial charge in [-0.1, -0.05) is 105 Å². The summed E-state index contributed by atoms with van der Waals surface area (Å²) >= 11 is 15.3. The first kappa shape index (κ1) is 33.2. The van der Waals surface area contributed by atoms with Gasteiger partial charge in [-0.2, -0.15) is 0 Å². The number of likely N-dealkylation sites (tertiary alicyclic amines) is 1. The number of aryl methyl sites for hydroxylation is 1. The molecule has 5 aromatic rings. The molecule has 0 saturated carbocycles. The molecule has 3 aliphatic carbocycles. The Labute approximate surface area is 307 Å². The first-order valence-corrected chi connectivity index (χ1v) is 18.0. The van der Waals surface area contributed by atoms with E-state index in [-0.39, 0.29) is 12.3 Å². The van der Waals surface area contributed by atoms with Crippen LogP contribution in [0.1, 0.15) is 58.7 Å². The number of imide groups is 1. The van der Waals surface area contributed by atoms with Gasteiger partial charge in [-0.15, -0.1) is 23.2 Å². The van der Waals surface area contributed by atoms with Crippen LogP contribution in [0.2, 0.25) is 0 Å². The Kier molecular flexibility index (Phi) is 8.08. The van der Waals surface area contributed by atoms with Crippen LogP contribution in [0.25, 0.3) is 0 Å². The maximum atomic E-state index is 14.8. The molecule has 1 aliphatic heterocycles. The van der Waals surface area contributed by atoms with E-state index < -0.39 is 45.3 Å². The molecule has 5 aromatic carbocycles. The predicted octanol–water partition coefficient (Wildman–Crippen LogP) is 9.05. The molecule has 1 saturated heterocycles. The number of benzene rings is 5. The highest BCUT2D eigenvalue weighted by Crippen LogP contribution is 2.69. The van der Waals surface area contributed by atoms with Gasteiger partial charge in [-0.05, 0) is 82.1 Å². The standard InChI is InChI=1S/C43H36Cl2N2O4/c1-25(2)30-22-17-26(3)23-36(30)51-29-20-18-28(19-21-29)46-39(48)35(24-27-11-5-4-6-12-27)47-40(49)37-38(41(47)50)43(45)32-14-8-7-13-31(32)42(37,44)33-15-9-10-16-34(33)43/h4-23,25,35,37-38H,24H2,1-3H3,(H,46,48)/t35-,37+,38+,42?,43?/m0/s1. The van der Waals surface area contributed by atoms with Crippen LogP contribution in [0.15, 0.2) is 121 Å². The Morgan fingerprint density at radius 2 is 1.25 bits per heavy atom. The third kappa shape index (κ3) is 5.10. The highest BCUT2D eigenvalue weighted by atomic mass is 35.5. The highest BCUT2D eigenvalue weighted by molar-refractivity contribution is 6.36. The Bertz CT molecular complexity index is 2080. The molecule has 256 valence electrons. The predicted molar refractivity (Wildman–Crippen MR) is 199 cm³/mol. The summed E-state index contributed by atoms with van der Waals surface area (Å²) in [6, 6.07) is 36.4. The minimum absolute atomic E-state index is 0.112. The van der Waals surface area contributed by atoms with Gasteiger partial charge in [0.15, 0.2) is 0 Å². The number of rotatable bonds is 8. The number of nitrogens with zero attached hydrogens (tertiary/aromatic N) is 1. The average Bonchev–Trinajstić information content (AvgIpc) is 3.41. The van der Waals surface area contributed by atoms with Gasteiger partial charge < -0.3 is 10.1 Å². The van der Waals surface area contributed by atoms with Crippen LogP contribution in [0.3, 0.4) is 0 Å². The van der Waals surface area contributed by atoms with E-state index in [0.717, 1.165) is 27.3 Å². The average molecular weight is 716 g/mol. The number of halogens is 2. The van der Waals surface area contributed by atoms with Gasteiger partial charge >= 0.3 is 0 Å². The molecule has 9 rings (SSSR count). The molecular weight excluding hydrogens is 679 g/mol. The number of hydrogen-bond donors (Lipinski definition) is 1. The van der Waals surface area contributed by atoms with E-state index in [4.69, 9.17) is 27.9 Å². The number of nitrogens with one attached hydrogen (secondary N) is 1. The van der Waals surface area contributed by atoms with Crippen molar-refractivity contribution in [3.8, 4) is 11.5 Å². The van der Waals surface area contributed by atoms with E-state index in [1.54, 1.807) is 24.3 Å². The highest BCUT2D eigenvalue weighted by Gasteiger charge is 2.73. The molecule has 1 N–H and O–H groups in total. The lowest BCUT2D eigenvalue weighted by molar-refractivity contribution is -0.146. The van der Waals surface area contributed by atoms with Crippen molar-refractivity contribution in [3.63, 3.8) is 0 Å². The molecule has 0 unspecified atom stereocenters. The molecule has 1 fully saturated rings. The minimum Gasteiger partial charge on any atom is -0.457 e. The van der Waals surface area contributed by atoms with Crippen LogP contribution in [-0.4, -0.2) is 28.7 Å². The number of alkyl halides is 2. The number of carbonyl (C=O) groups is 3. The lowest BCUT2D eigenvalue weighted by Gasteiger charge is -2.54. The Hall–Kier alpha value is -4.91. The zero-order valence-corrected chi connectivity index (χ0v) is 29.9. The molecule has 3 atom stereocenters. The van der Waals surface area contributed by atoms with E-state index in [1.807, 2.05) is 91.9 Å². The SMILES string of the molecule is Cc1ccc(C(C)C)c(Oc2ccc(NC(=O)[C@H](Cc3ccccc3)N3C(=O)[C@H]4[C@H](C3=O)C3(Cl)c5ccccc5C4(Cl)c4ccccc43)cc2)c1. The van der Waals surface area contributed by atoms with Crippen molar-refractivity contribution < 1.29 is 19.1 Å². The van der Waals surface area contributed by atoms with E-state index >= 15 is 0 Å². The molecule has 4 aliphatic rings. The lowest BCUT2D eigenvalue weighted by atomic mass is 9.54. The number of amides is 3. The Morgan fingerprint density at radius 3 is 1.76 bits per heavy atom. The molecule has 0 radical (unpaired) electrons. The van der Waals surface area contributed by atoms with Crippen LogP contribution in [0.5, 0.6) is 11.5 Å². The molecule has 8 heteroatoms. The maximum Gasteiger partial charge on any atom is 0.248 e.